The Balaban J connectivity index is 2.53. The van der Waals surface area contributed by atoms with Crippen molar-refractivity contribution in [2.75, 3.05) is 6.61 Å². The Hall–Kier alpha value is -0.990. The van der Waals surface area contributed by atoms with Gasteiger partial charge < -0.3 is 4.74 Å². The van der Waals surface area contributed by atoms with Gasteiger partial charge in [-0.25, -0.2) is 4.68 Å². The topological polar surface area (TPSA) is 27.1 Å². The van der Waals surface area contributed by atoms with Crippen molar-refractivity contribution in [3.8, 4) is 5.88 Å². The Morgan fingerprint density at radius 1 is 1.36 bits per heavy atom. The van der Waals surface area contributed by atoms with Crippen molar-refractivity contribution in [2.24, 2.45) is 0 Å². The maximum Gasteiger partial charge on any atom is 0.215 e. The van der Waals surface area contributed by atoms with Gasteiger partial charge in [-0.3, -0.25) is 0 Å². The van der Waals surface area contributed by atoms with Crippen LogP contribution in [0.1, 0.15) is 38.4 Å². The fraction of sp³-hybridized carbons (Fsp3) is 0.727. The van der Waals surface area contributed by atoms with Crippen LogP contribution < -0.4 is 4.74 Å². The molecular weight excluding hydrogens is 176 g/mol. The molecule has 0 atom stereocenters. The number of ether oxygens (including phenoxy) is 1. The van der Waals surface area contributed by atoms with Gasteiger partial charge in [0.05, 0.1) is 12.3 Å². The van der Waals surface area contributed by atoms with Gasteiger partial charge >= 0.3 is 0 Å². The number of nitrogens with zero attached hydrogens (tertiary/aromatic N) is 2. The van der Waals surface area contributed by atoms with Crippen LogP contribution in [0.15, 0.2) is 0 Å². The molecule has 0 saturated heterocycles. The number of rotatable bonds is 0. The quantitative estimate of drug-likeness (QED) is 0.633. The fourth-order valence-corrected chi connectivity index (χ4v) is 2.11. The third kappa shape index (κ3) is 1.41. The number of hydrogen-bond acceptors (Lipinski definition) is 2. The Morgan fingerprint density at radius 3 is 2.71 bits per heavy atom. The molecule has 0 bridgehead atoms. The lowest BCUT2D eigenvalue weighted by atomic mass is 9.87. The Bertz CT molecular complexity index is 347. The van der Waals surface area contributed by atoms with Crippen molar-refractivity contribution in [3.05, 3.63) is 11.3 Å². The maximum atomic E-state index is 5.70. The molecule has 0 unspecified atom stereocenters. The highest BCUT2D eigenvalue weighted by Gasteiger charge is 2.28. The molecule has 0 aromatic carbocycles. The van der Waals surface area contributed by atoms with E-state index >= 15 is 0 Å². The summed E-state index contributed by atoms with van der Waals surface area (Å²) in [6.45, 7) is 10.5. The van der Waals surface area contributed by atoms with Gasteiger partial charge in [0.1, 0.15) is 0 Å². The number of aryl methyl sites for hydroxylation is 2. The van der Waals surface area contributed by atoms with E-state index in [4.69, 9.17) is 4.74 Å². The lowest BCUT2D eigenvalue weighted by Gasteiger charge is -2.22. The number of aromatic nitrogens is 2. The summed E-state index contributed by atoms with van der Waals surface area (Å²) >= 11 is 0. The molecule has 0 N–H and O–H groups in total. The van der Waals surface area contributed by atoms with Crippen molar-refractivity contribution in [1.82, 2.24) is 9.78 Å². The zero-order chi connectivity index (χ0) is 10.3. The Labute approximate surface area is 85.1 Å². The van der Waals surface area contributed by atoms with Crippen LogP contribution in [0.3, 0.4) is 0 Å². The van der Waals surface area contributed by atoms with Crippen LogP contribution in [-0.2, 0) is 12.0 Å². The van der Waals surface area contributed by atoms with Crippen LogP contribution in [0.4, 0.5) is 0 Å². The predicted octanol–water partition coefficient (Wildman–Crippen LogP) is 2.27. The Morgan fingerprint density at radius 2 is 2.07 bits per heavy atom. The molecule has 14 heavy (non-hydrogen) atoms. The first-order valence-electron chi connectivity index (χ1n) is 5.21. The molecular formula is C11H18N2O. The van der Waals surface area contributed by atoms with Crippen LogP contribution in [-0.4, -0.2) is 16.4 Å². The van der Waals surface area contributed by atoms with E-state index < -0.39 is 0 Å². The zero-order valence-corrected chi connectivity index (χ0v) is 9.42. The first-order chi connectivity index (χ1) is 6.50. The third-order valence-electron chi connectivity index (χ3n) is 2.58. The van der Waals surface area contributed by atoms with Gasteiger partial charge in [0, 0.05) is 18.5 Å². The van der Waals surface area contributed by atoms with Crippen LogP contribution in [0, 0.1) is 6.92 Å². The van der Waals surface area contributed by atoms with Crippen molar-refractivity contribution in [2.45, 2.75) is 46.1 Å². The van der Waals surface area contributed by atoms with Crippen molar-refractivity contribution >= 4 is 0 Å². The highest BCUT2D eigenvalue weighted by atomic mass is 16.5. The molecule has 0 amide bonds. The van der Waals surface area contributed by atoms with Gasteiger partial charge in [0.25, 0.3) is 0 Å². The van der Waals surface area contributed by atoms with Crippen LogP contribution in [0.5, 0.6) is 5.88 Å². The van der Waals surface area contributed by atoms with Crippen molar-refractivity contribution < 1.29 is 4.74 Å². The van der Waals surface area contributed by atoms with E-state index in [2.05, 4.69) is 32.8 Å². The summed E-state index contributed by atoms with van der Waals surface area (Å²) < 4.78 is 7.70. The molecule has 0 fully saturated rings. The first-order valence-corrected chi connectivity index (χ1v) is 5.21. The van der Waals surface area contributed by atoms with E-state index in [0.29, 0.717) is 0 Å². The number of hydrogen-bond donors (Lipinski definition) is 0. The lowest BCUT2D eigenvalue weighted by molar-refractivity contribution is 0.225. The molecule has 3 heteroatoms. The smallest absolute Gasteiger partial charge is 0.215 e. The summed E-state index contributed by atoms with van der Waals surface area (Å²) in [6, 6.07) is 0. The standard InChI is InChI=1S/C11H18N2O/c1-8-9(11(2,3)4)10-13(12-8)6-5-7-14-10/h5-7H2,1-4H3. The molecule has 0 radical (unpaired) electrons. The van der Waals surface area contributed by atoms with E-state index in [9.17, 15) is 0 Å². The molecule has 1 aromatic rings. The van der Waals surface area contributed by atoms with E-state index in [0.717, 1.165) is 31.1 Å². The van der Waals surface area contributed by atoms with Gasteiger partial charge in [-0.2, -0.15) is 5.10 Å². The van der Waals surface area contributed by atoms with Crippen molar-refractivity contribution in [3.63, 3.8) is 0 Å². The number of fused-ring (bicyclic) bond motifs is 1. The van der Waals surface area contributed by atoms with Gasteiger partial charge in [0.2, 0.25) is 5.88 Å². The Kier molecular flexibility index (Phi) is 2.05. The summed E-state index contributed by atoms with van der Waals surface area (Å²) in [5, 5.41) is 4.51. The summed E-state index contributed by atoms with van der Waals surface area (Å²) in [4.78, 5) is 0. The molecule has 3 nitrogen and oxygen atoms in total. The predicted molar refractivity (Wildman–Crippen MR) is 55.8 cm³/mol. The fourth-order valence-electron chi connectivity index (χ4n) is 2.11. The molecule has 0 spiro atoms. The molecule has 1 aliphatic rings. The first kappa shape index (κ1) is 9.56. The van der Waals surface area contributed by atoms with Gasteiger partial charge in [0.15, 0.2) is 0 Å². The largest absolute Gasteiger partial charge is 0.478 e. The lowest BCUT2D eigenvalue weighted by Crippen LogP contribution is -2.19. The molecule has 1 aliphatic heterocycles. The summed E-state index contributed by atoms with van der Waals surface area (Å²) in [5.74, 6) is 0.987. The van der Waals surface area contributed by atoms with Gasteiger partial charge in [-0.15, -0.1) is 0 Å². The second-order valence-corrected chi connectivity index (χ2v) is 4.94. The second kappa shape index (κ2) is 3.01. The SMILES string of the molecule is Cc1nn2c(c1C(C)(C)C)OCCC2. The van der Waals surface area contributed by atoms with Crippen LogP contribution in [0.2, 0.25) is 0 Å². The highest BCUT2D eigenvalue weighted by Crippen LogP contribution is 2.35. The average Bonchev–Trinajstić information content (AvgIpc) is 2.38. The minimum atomic E-state index is 0.120. The molecule has 2 rings (SSSR count). The maximum absolute atomic E-state index is 5.70. The normalized spacial score (nSPS) is 16.3. The second-order valence-electron chi connectivity index (χ2n) is 4.94. The average molecular weight is 194 g/mol. The van der Waals surface area contributed by atoms with E-state index in [1.165, 1.54) is 5.56 Å². The third-order valence-corrected chi connectivity index (χ3v) is 2.58. The van der Waals surface area contributed by atoms with Gasteiger partial charge in [-0.1, -0.05) is 20.8 Å². The molecule has 78 valence electrons. The molecule has 0 saturated carbocycles. The zero-order valence-electron chi connectivity index (χ0n) is 9.42. The summed E-state index contributed by atoms with van der Waals surface area (Å²) in [6.07, 6.45) is 1.07. The van der Waals surface area contributed by atoms with Crippen LogP contribution in [0.25, 0.3) is 0 Å². The van der Waals surface area contributed by atoms with E-state index in [1.54, 1.807) is 0 Å². The summed E-state index contributed by atoms with van der Waals surface area (Å²) in [5.41, 5.74) is 2.49. The monoisotopic (exact) mass is 194 g/mol. The van der Waals surface area contributed by atoms with Crippen molar-refractivity contribution in [1.29, 1.82) is 0 Å². The molecule has 2 heterocycles. The van der Waals surface area contributed by atoms with E-state index in [1.807, 2.05) is 4.68 Å². The highest BCUT2D eigenvalue weighted by molar-refractivity contribution is 5.37. The molecule has 1 aromatic heterocycles. The van der Waals surface area contributed by atoms with Gasteiger partial charge in [-0.05, 0) is 12.3 Å². The summed E-state index contributed by atoms with van der Waals surface area (Å²) in [7, 11) is 0. The minimum Gasteiger partial charge on any atom is -0.478 e. The minimum absolute atomic E-state index is 0.120. The van der Waals surface area contributed by atoms with Crippen LogP contribution >= 0.6 is 0 Å². The molecule has 0 aliphatic carbocycles. The van der Waals surface area contributed by atoms with E-state index in [-0.39, 0.29) is 5.41 Å².